The number of hydrogen-bond donors (Lipinski definition) is 3. The van der Waals surface area contributed by atoms with E-state index in [9.17, 15) is 20.1 Å². The van der Waals surface area contributed by atoms with E-state index in [1.807, 2.05) is 30.3 Å². The molecule has 2 bridgehead atoms. The van der Waals surface area contributed by atoms with Crippen molar-refractivity contribution in [2.75, 3.05) is 52.7 Å². The summed E-state index contributed by atoms with van der Waals surface area (Å²) in [7, 11) is 0. The predicted molar refractivity (Wildman–Crippen MR) is 148 cm³/mol. The second kappa shape index (κ2) is 16.2. The number of aliphatic hydroxyl groups excluding tert-OH is 1. The summed E-state index contributed by atoms with van der Waals surface area (Å²) >= 11 is 0. The SMILES string of the molecule is O=C(O)c1cccc(CN2CCOCCOCCOCCN(Cc3cccc(C(O)O)n3)Cc3cccc(n3)C2)n1. The van der Waals surface area contributed by atoms with Crippen LogP contribution in [0.4, 0.5) is 0 Å². The first-order valence-corrected chi connectivity index (χ1v) is 13.6. The summed E-state index contributed by atoms with van der Waals surface area (Å²) in [6.07, 6.45) is -1.63. The van der Waals surface area contributed by atoms with E-state index in [1.165, 1.54) is 6.07 Å². The van der Waals surface area contributed by atoms with Gasteiger partial charge in [0.2, 0.25) is 0 Å². The van der Waals surface area contributed by atoms with Gasteiger partial charge in [-0.15, -0.1) is 0 Å². The Kier molecular flexibility index (Phi) is 12.1. The maximum Gasteiger partial charge on any atom is 0.354 e. The van der Waals surface area contributed by atoms with Crippen LogP contribution in [0.1, 0.15) is 45.2 Å². The van der Waals surface area contributed by atoms with Gasteiger partial charge in [-0.05, 0) is 36.4 Å². The number of carbonyl (C=O) groups is 1. The average Bonchev–Trinajstić information content (AvgIpc) is 2.95. The van der Waals surface area contributed by atoms with E-state index in [0.29, 0.717) is 90.3 Å². The molecule has 4 heterocycles. The molecule has 0 saturated heterocycles. The molecule has 1 aliphatic rings. The number of carboxylic acid groups (broad SMARTS) is 1. The zero-order valence-electron chi connectivity index (χ0n) is 23.0. The first-order chi connectivity index (χ1) is 20.0. The minimum absolute atomic E-state index is 0.00927. The first-order valence-electron chi connectivity index (χ1n) is 13.6. The van der Waals surface area contributed by atoms with Gasteiger partial charge in [0.15, 0.2) is 6.29 Å². The third kappa shape index (κ3) is 10.5. The van der Waals surface area contributed by atoms with Gasteiger partial charge in [0.25, 0.3) is 0 Å². The second-order valence-electron chi connectivity index (χ2n) is 9.63. The Morgan fingerprint density at radius 2 is 1.22 bits per heavy atom. The van der Waals surface area contributed by atoms with Crippen LogP contribution in [-0.2, 0) is 40.4 Å². The number of hydrogen-bond acceptors (Lipinski definition) is 11. The van der Waals surface area contributed by atoms with Gasteiger partial charge in [0, 0.05) is 39.3 Å². The number of pyridine rings is 3. The van der Waals surface area contributed by atoms with Crippen LogP contribution in [0.25, 0.3) is 0 Å². The molecule has 0 aromatic carbocycles. The molecule has 0 saturated carbocycles. The molecule has 1 aliphatic heterocycles. The zero-order valence-corrected chi connectivity index (χ0v) is 23.0. The second-order valence-corrected chi connectivity index (χ2v) is 9.63. The molecule has 0 atom stereocenters. The third-order valence-electron chi connectivity index (χ3n) is 6.37. The highest BCUT2D eigenvalue weighted by Gasteiger charge is 2.15. The standard InChI is InChI=1S/C29H37N5O7/c35-28(36)26-8-2-6-24(31-26)20-33-10-12-39-14-16-41-17-15-40-13-11-34(19-23-5-1-4-22(18-33)30-23)21-25-7-3-9-27(32-25)29(37)38/h1-9,28,35-36H,10-21H2,(H,37,38). The highest BCUT2D eigenvalue weighted by molar-refractivity contribution is 5.85. The lowest BCUT2D eigenvalue weighted by Gasteiger charge is -2.24. The largest absolute Gasteiger partial charge is 0.477 e. The molecule has 0 spiro atoms. The Labute approximate surface area is 239 Å². The first kappa shape index (κ1) is 30.6. The summed E-state index contributed by atoms with van der Waals surface area (Å²) in [6, 6.07) is 16.1. The Morgan fingerprint density at radius 3 is 1.78 bits per heavy atom. The minimum atomic E-state index is -1.63. The normalized spacial score (nSPS) is 17.1. The predicted octanol–water partition coefficient (Wildman–Crippen LogP) is 1.62. The molecule has 0 amide bonds. The number of aromatic nitrogens is 3. The summed E-state index contributed by atoms with van der Waals surface area (Å²) < 4.78 is 17.2. The molecule has 0 radical (unpaired) electrons. The van der Waals surface area contributed by atoms with Gasteiger partial charge < -0.3 is 29.5 Å². The van der Waals surface area contributed by atoms with Crippen molar-refractivity contribution in [3.05, 3.63) is 88.8 Å². The van der Waals surface area contributed by atoms with Crippen molar-refractivity contribution in [2.24, 2.45) is 0 Å². The molecule has 3 N–H and O–H groups in total. The summed E-state index contributed by atoms with van der Waals surface area (Å²) in [6.45, 7) is 5.97. The maximum atomic E-state index is 11.4. The molecule has 12 nitrogen and oxygen atoms in total. The average molecular weight is 568 g/mol. The topological polar surface area (TPSA) is 151 Å². The molecule has 3 aromatic rings. The van der Waals surface area contributed by atoms with E-state index in [0.717, 1.165) is 11.4 Å². The van der Waals surface area contributed by atoms with Crippen LogP contribution in [0.15, 0.2) is 54.6 Å². The van der Waals surface area contributed by atoms with Crippen molar-refractivity contribution in [1.29, 1.82) is 0 Å². The van der Waals surface area contributed by atoms with Crippen LogP contribution in [0, 0.1) is 0 Å². The van der Waals surface area contributed by atoms with E-state index in [4.69, 9.17) is 19.2 Å². The number of aromatic carboxylic acids is 1. The van der Waals surface area contributed by atoms with E-state index in [2.05, 4.69) is 19.8 Å². The van der Waals surface area contributed by atoms with E-state index in [1.54, 1.807) is 18.2 Å². The van der Waals surface area contributed by atoms with Gasteiger partial charge in [-0.2, -0.15) is 0 Å². The van der Waals surface area contributed by atoms with Crippen LogP contribution in [0.3, 0.4) is 0 Å². The van der Waals surface area contributed by atoms with Crippen LogP contribution in [0.5, 0.6) is 0 Å². The van der Waals surface area contributed by atoms with E-state index in [-0.39, 0.29) is 11.4 Å². The quantitative estimate of drug-likeness (QED) is 0.371. The summed E-state index contributed by atoms with van der Waals surface area (Å²) in [5.41, 5.74) is 3.30. The van der Waals surface area contributed by atoms with Gasteiger partial charge in [0.05, 0.1) is 68.1 Å². The van der Waals surface area contributed by atoms with Crippen LogP contribution in [-0.4, -0.2) is 98.8 Å². The highest BCUT2D eigenvalue weighted by atomic mass is 16.5. The number of ether oxygens (including phenoxy) is 3. The number of carboxylic acids is 1. The summed E-state index contributed by atoms with van der Waals surface area (Å²) in [4.78, 5) is 29.3. The fourth-order valence-electron chi connectivity index (χ4n) is 4.40. The Morgan fingerprint density at radius 1 is 0.707 bits per heavy atom. The number of nitrogens with zero attached hydrogens (tertiary/aromatic N) is 5. The van der Waals surface area contributed by atoms with Gasteiger partial charge in [-0.3, -0.25) is 19.8 Å². The van der Waals surface area contributed by atoms with E-state index < -0.39 is 12.3 Å². The molecular weight excluding hydrogens is 530 g/mol. The van der Waals surface area contributed by atoms with Gasteiger partial charge in [-0.25, -0.2) is 9.78 Å². The van der Waals surface area contributed by atoms with Gasteiger partial charge >= 0.3 is 5.97 Å². The number of fused-ring (bicyclic) bond motifs is 2. The lowest BCUT2D eigenvalue weighted by molar-refractivity contribution is -0.0460. The van der Waals surface area contributed by atoms with Crippen LogP contribution in [0.2, 0.25) is 0 Å². The van der Waals surface area contributed by atoms with Crippen molar-refractivity contribution in [3.8, 4) is 0 Å². The van der Waals surface area contributed by atoms with Crippen molar-refractivity contribution in [3.63, 3.8) is 0 Å². The minimum Gasteiger partial charge on any atom is -0.477 e. The molecule has 3 aromatic heterocycles. The molecule has 0 unspecified atom stereocenters. The lowest BCUT2D eigenvalue weighted by atomic mass is 10.2. The monoisotopic (exact) mass is 567 g/mol. The molecule has 220 valence electrons. The molecule has 12 heteroatoms. The Balaban J connectivity index is 1.51. The third-order valence-corrected chi connectivity index (χ3v) is 6.37. The fourth-order valence-corrected chi connectivity index (χ4v) is 4.40. The smallest absolute Gasteiger partial charge is 0.354 e. The summed E-state index contributed by atoms with van der Waals surface area (Å²) in [5, 5.41) is 28.4. The molecular formula is C29H37N5O7. The highest BCUT2D eigenvalue weighted by Crippen LogP contribution is 2.14. The number of aliphatic hydroxyl groups is 2. The lowest BCUT2D eigenvalue weighted by Crippen LogP contribution is -2.30. The number of rotatable bonds is 6. The van der Waals surface area contributed by atoms with Crippen molar-refractivity contribution in [1.82, 2.24) is 24.8 Å². The Hall–Kier alpha value is -3.36. The molecule has 0 aliphatic carbocycles. The zero-order chi connectivity index (χ0) is 28.9. The van der Waals surface area contributed by atoms with Crippen molar-refractivity contribution < 1.29 is 34.3 Å². The fraction of sp³-hybridized carbons (Fsp3) is 0.448. The molecule has 4 rings (SSSR count). The van der Waals surface area contributed by atoms with Crippen molar-refractivity contribution >= 4 is 5.97 Å². The van der Waals surface area contributed by atoms with Crippen molar-refractivity contribution in [2.45, 2.75) is 32.5 Å². The van der Waals surface area contributed by atoms with E-state index >= 15 is 0 Å². The van der Waals surface area contributed by atoms with Gasteiger partial charge in [0.1, 0.15) is 5.69 Å². The summed E-state index contributed by atoms with van der Waals surface area (Å²) in [5.74, 6) is -1.06. The molecule has 0 fully saturated rings. The molecule has 41 heavy (non-hydrogen) atoms. The van der Waals surface area contributed by atoms with Gasteiger partial charge in [-0.1, -0.05) is 18.2 Å². The van der Waals surface area contributed by atoms with Crippen LogP contribution < -0.4 is 0 Å². The maximum absolute atomic E-state index is 11.4. The van der Waals surface area contributed by atoms with Crippen LogP contribution >= 0.6 is 0 Å². The Bertz CT molecular complexity index is 1250.